The maximum Gasteiger partial charge on any atom is 0.398 e. The molecule has 0 aliphatic heterocycles. The fraction of sp³-hybridized carbons (Fsp3) is 0.926. The maximum absolute atomic E-state index is 12.5. The van der Waals surface area contributed by atoms with Crippen LogP contribution in [0, 0.1) is 10.8 Å². The van der Waals surface area contributed by atoms with E-state index < -0.39 is 21.9 Å². The second-order valence-corrected chi connectivity index (χ2v) is 20.7. The van der Waals surface area contributed by atoms with Gasteiger partial charge in [0.2, 0.25) is 5.91 Å². The molecule has 0 spiro atoms. The van der Waals surface area contributed by atoms with Crippen LogP contribution in [0.15, 0.2) is 0 Å². The van der Waals surface area contributed by atoms with Gasteiger partial charge in [-0.1, -0.05) is 98.6 Å². The predicted molar refractivity (Wildman–Crippen MR) is 176 cm³/mol. The second-order valence-electron chi connectivity index (χ2n) is 13.3. The Kier molecular flexibility index (Phi) is 18.4. The number of hydrogen-bond acceptors (Lipinski definition) is 10. The van der Waals surface area contributed by atoms with E-state index in [9.17, 15) is 18.0 Å². The number of rotatable bonds is 21. The molecule has 0 aromatic carbocycles. The molecule has 0 radical (unpaired) electrons. The summed E-state index contributed by atoms with van der Waals surface area (Å²) in [4.78, 5) is 24.5. The molecule has 1 amide bonds. The fourth-order valence-electron chi connectivity index (χ4n) is 3.15. The van der Waals surface area contributed by atoms with Crippen molar-refractivity contribution >= 4 is 65.3 Å². The molecule has 0 fully saturated rings. The third-order valence-corrected chi connectivity index (χ3v) is 12.6. The lowest BCUT2D eigenvalue weighted by molar-refractivity contribution is -0.133. The molecular formula is C27H53NO7S5. The minimum atomic E-state index is -4.71. The van der Waals surface area contributed by atoms with Crippen molar-refractivity contribution in [3.05, 3.63) is 0 Å². The number of ether oxygens (including phenoxy) is 1. The van der Waals surface area contributed by atoms with Crippen LogP contribution in [0.1, 0.15) is 101 Å². The average Bonchev–Trinajstić information content (AvgIpc) is 2.77. The van der Waals surface area contributed by atoms with Crippen LogP contribution in [0.2, 0.25) is 0 Å². The largest absolute Gasteiger partial charge is 0.398 e. The van der Waals surface area contributed by atoms with E-state index in [0.29, 0.717) is 31.9 Å². The highest BCUT2D eigenvalue weighted by atomic mass is 33.1. The Hall–Kier alpha value is 0.370. The summed E-state index contributed by atoms with van der Waals surface area (Å²) >= 11 is 0. The summed E-state index contributed by atoms with van der Waals surface area (Å²) in [5.74, 6) is 1.05. The van der Waals surface area contributed by atoms with Crippen molar-refractivity contribution in [1.82, 2.24) is 5.32 Å². The van der Waals surface area contributed by atoms with Gasteiger partial charge in [0, 0.05) is 46.0 Å². The van der Waals surface area contributed by atoms with Crippen LogP contribution in [0.4, 0.5) is 0 Å². The maximum atomic E-state index is 12.5. The van der Waals surface area contributed by atoms with Crippen LogP contribution in [0.25, 0.3) is 0 Å². The molecule has 40 heavy (non-hydrogen) atoms. The highest BCUT2D eigenvalue weighted by Crippen LogP contribution is 2.42. The summed E-state index contributed by atoms with van der Waals surface area (Å²) in [7, 11) is 2.09. The number of nitrogens with one attached hydrogen (secondary N) is 1. The van der Waals surface area contributed by atoms with Crippen LogP contribution in [-0.4, -0.2) is 71.5 Å². The minimum absolute atomic E-state index is 0.00123. The molecule has 0 bridgehead atoms. The molecule has 238 valence electrons. The van der Waals surface area contributed by atoms with E-state index in [1.807, 2.05) is 0 Å². The van der Waals surface area contributed by atoms with Crippen molar-refractivity contribution in [2.45, 2.75) is 117 Å². The normalized spacial score (nSPS) is 14.3. The molecule has 0 heterocycles. The van der Waals surface area contributed by atoms with Crippen LogP contribution in [-0.2, 0) is 28.9 Å². The van der Waals surface area contributed by atoms with Crippen molar-refractivity contribution < 1.29 is 31.5 Å². The Labute approximate surface area is 259 Å². The molecule has 1 atom stereocenters. The van der Waals surface area contributed by atoms with E-state index in [-0.39, 0.29) is 33.0 Å². The molecule has 0 rings (SSSR count). The molecule has 0 aliphatic carbocycles. The van der Waals surface area contributed by atoms with Crippen LogP contribution in [0.3, 0.4) is 0 Å². The van der Waals surface area contributed by atoms with E-state index in [4.69, 9.17) is 9.29 Å². The topological polar surface area (TPSA) is 119 Å². The van der Waals surface area contributed by atoms with Crippen molar-refractivity contribution in [3.63, 3.8) is 0 Å². The first-order valence-electron chi connectivity index (χ1n) is 13.7. The van der Waals surface area contributed by atoms with Crippen molar-refractivity contribution in [2.24, 2.45) is 10.8 Å². The molecule has 0 saturated carbocycles. The van der Waals surface area contributed by atoms with Gasteiger partial charge >= 0.3 is 10.4 Å². The quantitative estimate of drug-likeness (QED) is 0.0735. The predicted octanol–water partition coefficient (Wildman–Crippen LogP) is 7.24. The Morgan fingerprint density at radius 1 is 0.900 bits per heavy atom. The molecule has 8 nitrogen and oxygen atoms in total. The number of Topliss-reactive ketones (excluding diaryl/α,β-unsaturated/α-hetero) is 1. The summed E-state index contributed by atoms with van der Waals surface area (Å²) in [6.07, 6.45) is 2.22. The zero-order valence-corrected chi connectivity index (χ0v) is 30.2. The third-order valence-electron chi connectivity index (χ3n) is 5.42. The van der Waals surface area contributed by atoms with Gasteiger partial charge < -0.3 is 10.1 Å². The number of carbonyl (C=O) groups excluding carboxylic acids is 2. The zero-order valence-electron chi connectivity index (χ0n) is 26.1. The summed E-state index contributed by atoms with van der Waals surface area (Å²) in [5.41, 5.74) is -0.778. The third kappa shape index (κ3) is 22.9. The number of ketones is 1. The van der Waals surface area contributed by atoms with E-state index >= 15 is 0 Å². The lowest BCUT2D eigenvalue weighted by atomic mass is 9.86. The van der Waals surface area contributed by atoms with Crippen LogP contribution in [0.5, 0.6) is 0 Å². The average molecular weight is 664 g/mol. The molecule has 2 N–H and O–H groups in total. The zero-order chi connectivity index (χ0) is 31.3. The Morgan fingerprint density at radius 3 is 2.05 bits per heavy atom. The van der Waals surface area contributed by atoms with Gasteiger partial charge in [0.25, 0.3) is 0 Å². The highest BCUT2D eigenvalue weighted by Gasteiger charge is 2.33. The number of carbonyl (C=O) groups is 2. The molecule has 0 saturated heterocycles. The number of amides is 1. The summed E-state index contributed by atoms with van der Waals surface area (Å²) in [6, 6.07) is 0. The lowest BCUT2D eigenvalue weighted by Crippen LogP contribution is -2.36. The standard InChI is InChI=1S/C27H53NO7S5/c1-24(2,3)23(30)21(35-40(31,32)33)12-18-37-39-27(9,10)15-14-26(7,8)20-34-17-11-16-28-22(29)13-19-36-38-25(4,5)6/h21H,11-20H2,1-10H3,(H,28,29)(H,31,32,33). The fourth-order valence-corrected chi connectivity index (χ4v) is 8.54. The van der Waals surface area contributed by atoms with Crippen LogP contribution < -0.4 is 5.32 Å². The van der Waals surface area contributed by atoms with Gasteiger partial charge in [0.05, 0.1) is 6.61 Å². The smallest absolute Gasteiger partial charge is 0.381 e. The summed E-state index contributed by atoms with van der Waals surface area (Å²) < 4.78 is 42.2. The van der Waals surface area contributed by atoms with Crippen molar-refractivity contribution in [2.75, 3.05) is 31.3 Å². The van der Waals surface area contributed by atoms with E-state index in [1.54, 1.807) is 63.9 Å². The molecule has 0 aliphatic rings. The van der Waals surface area contributed by atoms with Gasteiger partial charge in [-0.3, -0.25) is 14.1 Å². The Morgan fingerprint density at radius 2 is 1.50 bits per heavy atom. The van der Waals surface area contributed by atoms with Crippen molar-refractivity contribution in [1.29, 1.82) is 0 Å². The first-order chi connectivity index (χ1) is 18.0. The van der Waals surface area contributed by atoms with Gasteiger partial charge in [-0.25, -0.2) is 4.18 Å². The van der Waals surface area contributed by atoms with Gasteiger partial charge in [-0.05, 0) is 44.9 Å². The van der Waals surface area contributed by atoms with Crippen LogP contribution >= 0.6 is 43.2 Å². The monoisotopic (exact) mass is 663 g/mol. The second kappa shape index (κ2) is 18.2. The summed E-state index contributed by atoms with van der Waals surface area (Å²) in [6.45, 7) is 22.1. The van der Waals surface area contributed by atoms with E-state index in [1.165, 1.54) is 0 Å². The summed E-state index contributed by atoms with van der Waals surface area (Å²) in [5, 5.41) is 2.96. The molecule has 1 unspecified atom stereocenters. The van der Waals surface area contributed by atoms with Gasteiger partial charge in [-0.2, -0.15) is 8.42 Å². The molecule has 0 aromatic heterocycles. The van der Waals surface area contributed by atoms with Gasteiger partial charge in [0.15, 0.2) is 5.78 Å². The number of hydrogen-bond donors (Lipinski definition) is 2. The first kappa shape index (κ1) is 40.4. The van der Waals surface area contributed by atoms with E-state index in [2.05, 4.69) is 58.0 Å². The van der Waals surface area contributed by atoms with Gasteiger partial charge in [0.1, 0.15) is 6.10 Å². The van der Waals surface area contributed by atoms with E-state index in [0.717, 1.165) is 25.0 Å². The minimum Gasteiger partial charge on any atom is -0.381 e. The Bertz CT molecular complexity index is 865. The molecular weight excluding hydrogens is 611 g/mol. The SMILES string of the molecule is CC(C)(CCC(C)(C)SSCCC(OS(=O)(=O)O)C(=O)C(C)(C)C)COCCCNC(=O)CCSSC(C)(C)C. The Balaban J connectivity index is 4.25. The lowest BCUT2D eigenvalue weighted by Gasteiger charge is -2.30. The van der Waals surface area contributed by atoms with Crippen molar-refractivity contribution in [3.8, 4) is 0 Å². The molecule has 13 heteroatoms. The highest BCUT2D eigenvalue weighted by molar-refractivity contribution is 8.77. The van der Waals surface area contributed by atoms with Gasteiger partial charge in [-0.15, -0.1) is 0 Å². The first-order valence-corrected chi connectivity index (χ1v) is 19.7. The molecule has 0 aromatic rings.